The van der Waals surface area contributed by atoms with Crippen LogP contribution in [0.2, 0.25) is 0 Å². The van der Waals surface area contributed by atoms with Crippen LogP contribution in [0, 0.1) is 10.8 Å². The number of dihydropyridines is 1. The lowest BCUT2D eigenvalue weighted by Crippen LogP contribution is -2.50. The largest absolute Gasteiger partial charge is 0.342 e. The molecule has 1 aromatic rings. The second-order valence-electron chi connectivity index (χ2n) is 9.56. The number of fused-ring (bicyclic) bond motifs is 2. The van der Waals surface area contributed by atoms with Gasteiger partial charge in [0.15, 0.2) is 15.8 Å². The molecule has 8 nitrogen and oxygen atoms in total. The molecule has 1 aromatic heterocycles. The van der Waals surface area contributed by atoms with E-state index in [1.807, 2.05) is 6.92 Å². The zero-order chi connectivity index (χ0) is 22.0. The molecule has 0 radical (unpaired) electrons. The number of rotatable bonds is 3. The van der Waals surface area contributed by atoms with Crippen LogP contribution < -0.4 is 5.32 Å². The fourth-order valence-corrected chi connectivity index (χ4v) is 8.15. The van der Waals surface area contributed by atoms with E-state index >= 15 is 0 Å². The van der Waals surface area contributed by atoms with Crippen molar-refractivity contribution < 1.29 is 13.2 Å². The van der Waals surface area contributed by atoms with Crippen LogP contribution in [0.25, 0.3) is 0 Å². The van der Waals surface area contributed by atoms with Gasteiger partial charge in [0.25, 0.3) is 10.0 Å². The Labute approximate surface area is 186 Å². The second-order valence-corrected chi connectivity index (χ2v) is 12.8. The number of aromatic nitrogens is 1. The van der Waals surface area contributed by atoms with E-state index in [9.17, 15) is 13.2 Å². The van der Waals surface area contributed by atoms with E-state index in [1.54, 1.807) is 4.31 Å². The topological polar surface area (TPSA) is 104 Å². The van der Waals surface area contributed by atoms with Crippen molar-refractivity contribution in [3.05, 3.63) is 33.9 Å². The molecule has 1 fully saturated rings. The minimum absolute atomic E-state index is 0.106. The average molecular weight is 462 g/mol. The highest BCUT2D eigenvalue weighted by atomic mass is 32.2. The molecular weight excluding hydrogens is 434 g/mol. The molecule has 4 aliphatic rings. The molecule has 3 aliphatic heterocycles. The fraction of sp³-hybridized carbons (Fsp3) is 0.619. The number of allylic oxidation sites excluding steroid dienone is 2. The number of Topliss-reactive ketones (excluding diaryl/α,β-unsaturated/α-hetero) is 1. The van der Waals surface area contributed by atoms with Gasteiger partial charge in [-0.15, -0.1) is 16.5 Å². The van der Waals surface area contributed by atoms with Crippen molar-refractivity contribution in [2.24, 2.45) is 21.1 Å². The first kappa shape index (κ1) is 21.0. The standard InChI is InChI=1S/C21H27N5O3S2/c1-4-16-22-12-17(30-16)31(28,29)26-7-5-21(6-8-26)13-11-23-25-19(13)24-14-9-20(2,3)10-15(27)18(14)21/h12,24H,4-11H2,1-3H3. The number of piperidine rings is 1. The lowest BCUT2D eigenvalue weighted by molar-refractivity contribution is -0.119. The number of carbonyl (C=O) groups is 1. The molecule has 4 heterocycles. The van der Waals surface area contributed by atoms with E-state index in [1.165, 1.54) is 17.5 Å². The van der Waals surface area contributed by atoms with E-state index in [0.29, 0.717) is 43.1 Å². The molecule has 1 spiro atoms. The minimum atomic E-state index is -3.58. The molecule has 1 aliphatic carbocycles. The Morgan fingerprint density at radius 2 is 1.97 bits per heavy atom. The van der Waals surface area contributed by atoms with Crippen LogP contribution in [-0.4, -0.2) is 43.1 Å². The van der Waals surface area contributed by atoms with E-state index in [4.69, 9.17) is 0 Å². The van der Waals surface area contributed by atoms with Crippen LogP contribution in [0.15, 0.2) is 43.3 Å². The molecule has 0 atom stereocenters. The lowest BCUT2D eigenvalue weighted by atomic mass is 9.60. The highest BCUT2D eigenvalue weighted by Crippen LogP contribution is 2.55. The Hall–Kier alpha value is -1.91. The summed E-state index contributed by atoms with van der Waals surface area (Å²) in [6.45, 7) is 7.39. The first-order chi connectivity index (χ1) is 14.7. The summed E-state index contributed by atoms with van der Waals surface area (Å²) in [4.78, 5) is 17.5. The van der Waals surface area contributed by atoms with E-state index in [0.717, 1.165) is 40.5 Å². The molecule has 0 bridgehead atoms. The number of nitrogens with zero attached hydrogens (tertiary/aromatic N) is 4. The summed E-state index contributed by atoms with van der Waals surface area (Å²) in [6, 6.07) is 0. The Balaban J connectivity index is 1.48. The first-order valence-corrected chi connectivity index (χ1v) is 13.0. The van der Waals surface area contributed by atoms with Gasteiger partial charge in [-0.2, -0.15) is 9.42 Å². The van der Waals surface area contributed by atoms with Gasteiger partial charge in [0, 0.05) is 41.8 Å². The highest BCUT2D eigenvalue weighted by Gasteiger charge is 2.53. The van der Waals surface area contributed by atoms with E-state index < -0.39 is 15.4 Å². The predicted molar refractivity (Wildman–Crippen MR) is 117 cm³/mol. The summed E-state index contributed by atoms with van der Waals surface area (Å²) in [5.41, 5.74) is 2.27. The Morgan fingerprint density at radius 3 is 2.65 bits per heavy atom. The molecule has 0 saturated carbocycles. The third-order valence-corrected chi connectivity index (χ3v) is 10.4. The second kappa shape index (κ2) is 7.05. The number of azo groups is 1. The number of carbonyl (C=O) groups excluding carboxylic acids is 1. The van der Waals surface area contributed by atoms with Crippen LogP contribution in [0.1, 0.15) is 51.5 Å². The summed E-state index contributed by atoms with van der Waals surface area (Å²) in [5, 5.41) is 12.8. The Kier molecular flexibility index (Phi) is 4.76. The fourth-order valence-electron chi connectivity index (χ4n) is 5.43. The van der Waals surface area contributed by atoms with Gasteiger partial charge in [-0.25, -0.2) is 13.4 Å². The quantitative estimate of drug-likeness (QED) is 0.743. The summed E-state index contributed by atoms with van der Waals surface area (Å²) in [6.07, 6.45) is 4.62. The molecular formula is C21H27N5O3S2. The zero-order valence-electron chi connectivity index (χ0n) is 18.1. The molecule has 0 amide bonds. The van der Waals surface area contributed by atoms with Crippen LogP contribution >= 0.6 is 11.3 Å². The number of aryl methyl sites for hydroxylation is 1. The molecule has 10 heteroatoms. The molecule has 5 rings (SSSR count). The summed E-state index contributed by atoms with van der Waals surface area (Å²) in [7, 11) is -3.58. The zero-order valence-corrected chi connectivity index (χ0v) is 19.7. The van der Waals surface area contributed by atoms with Crippen molar-refractivity contribution >= 4 is 27.1 Å². The molecule has 0 unspecified atom stereocenters. The maximum Gasteiger partial charge on any atom is 0.254 e. The van der Waals surface area contributed by atoms with Crippen molar-refractivity contribution in [1.29, 1.82) is 0 Å². The van der Waals surface area contributed by atoms with Gasteiger partial charge in [0.05, 0.1) is 17.7 Å². The van der Waals surface area contributed by atoms with Crippen LogP contribution in [0.3, 0.4) is 0 Å². The molecule has 1 N–H and O–H groups in total. The number of ketones is 1. The minimum Gasteiger partial charge on any atom is -0.342 e. The van der Waals surface area contributed by atoms with Gasteiger partial charge < -0.3 is 5.32 Å². The van der Waals surface area contributed by atoms with Gasteiger partial charge >= 0.3 is 0 Å². The van der Waals surface area contributed by atoms with Crippen molar-refractivity contribution in [1.82, 2.24) is 14.6 Å². The Morgan fingerprint density at radius 1 is 1.23 bits per heavy atom. The summed E-state index contributed by atoms with van der Waals surface area (Å²) < 4.78 is 28.3. The molecule has 31 heavy (non-hydrogen) atoms. The third-order valence-electron chi connectivity index (χ3n) is 6.89. The smallest absolute Gasteiger partial charge is 0.254 e. The van der Waals surface area contributed by atoms with E-state index in [2.05, 4.69) is 34.4 Å². The SMILES string of the molecule is CCc1ncc(S(=O)(=O)N2CCC3(CC2)C2=C(N=NC2)NC2=C3C(=O)CC(C)(C)C2)s1. The van der Waals surface area contributed by atoms with Crippen molar-refractivity contribution in [3.8, 4) is 0 Å². The van der Waals surface area contributed by atoms with Gasteiger partial charge in [-0.3, -0.25) is 4.79 Å². The third kappa shape index (κ3) is 3.22. The van der Waals surface area contributed by atoms with Gasteiger partial charge in [0.2, 0.25) is 0 Å². The van der Waals surface area contributed by atoms with Crippen molar-refractivity contribution in [2.45, 2.75) is 57.1 Å². The van der Waals surface area contributed by atoms with Crippen LogP contribution in [-0.2, 0) is 21.2 Å². The number of hydrogen-bond donors (Lipinski definition) is 1. The first-order valence-electron chi connectivity index (χ1n) is 10.8. The monoisotopic (exact) mass is 461 g/mol. The maximum absolute atomic E-state index is 13.3. The summed E-state index contributed by atoms with van der Waals surface area (Å²) in [5.74, 6) is 0.930. The van der Waals surface area contributed by atoms with E-state index in [-0.39, 0.29) is 11.2 Å². The molecule has 1 saturated heterocycles. The van der Waals surface area contributed by atoms with Gasteiger partial charge in [-0.05, 0) is 31.1 Å². The summed E-state index contributed by atoms with van der Waals surface area (Å²) >= 11 is 1.24. The van der Waals surface area contributed by atoms with Crippen LogP contribution in [0.5, 0.6) is 0 Å². The number of hydrogen-bond acceptors (Lipinski definition) is 8. The van der Waals surface area contributed by atoms with Gasteiger partial charge in [-0.1, -0.05) is 20.8 Å². The number of nitrogens with one attached hydrogen (secondary N) is 1. The lowest BCUT2D eigenvalue weighted by Gasteiger charge is -2.48. The molecule has 166 valence electrons. The van der Waals surface area contributed by atoms with Crippen molar-refractivity contribution in [2.75, 3.05) is 19.6 Å². The Bertz CT molecular complexity index is 1150. The predicted octanol–water partition coefficient (Wildman–Crippen LogP) is 3.40. The highest BCUT2D eigenvalue weighted by molar-refractivity contribution is 7.91. The average Bonchev–Trinajstić information content (AvgIpc) is 3.37. The van der Waals surface area contributed by atoms with Crippen molar-refractivity contribution in [3.63, 3.8) is 0 Å². The normalized spacial score (nSPS) is 25.1. The number of sulfonamides is 1. The number of thiazole rings is 1. The molecule has 0 aromatic carbocycles. The van der Waals surface area contributed by atoms with Gasteiger partial charge in [0.1, 0.15) is 0 Å². The van der Waals surface area contributed by atoms with Crippen LogP contribution in [0.4, 0.5) is 0 Å². The maximum atomic E-state index is 13.3.